The number of amides is 1. The Bertz CT molecular complexity index is 677. The van der Waals surface area contributed by atoms with Crippen molar-refractivity contribution in [3.63, 3.8) is 0 Å². The normalized spacial score (nSPS) is 36.1. The van der Waals surface area contributed by atoms with Crippen molar-refractivity contribution in [3.8, 4) is 0 Å². The predicted octanol–water partition coefficient (Wildman–Crippen LogP) is 3.52. The second-order valence-corrected chi connectivity index (χ2v) is 10.4. The molecule has 29 heavy (non-hydrogen) atoms. The van der Waals surface area contributed by atoms with Gasteiger partial charge in [0.05, 0.1) is 6.04 Å². The number of hydrogen-bond acceptors (Lipinski definition) is 3. The molecule has 1 amide bonds. The maximum absolute atomic E-state index is 13.2. The van der Waals surface area contributed by atoms with Crippen LogP contribution in [0, 0.1) is 23.7 Å². The van der Waals surface area contributed by atoms with Crippen molar-refractivity contribution in [2.45, 2.75) is 63.6 Å². The number of carbonyl (C=O) groups excluding carboxylic acids is 1. The lowest BCUT2D eigenvalue weighted by Crippen LogP contribution is -2.58. The number of likely N-dealkylation sites (tertiary alicyclic amines) is 1. The Morgan fingerprint density at radius 1 is 1.07 bits per heavy atom. The standard InChI is InChI=1S/C25H37N3O/c1-27(17-18-6-3-2-4-7-18)10-11-28-9-5-8-23(28)25(29)26-24-21-13-19-12-20(15-21)16-22(24)14-19/h2-4,6-7,19-24H,5,8-17H2,1H3,(H,26,29). The number of nitrogens with zero attached hydrogens (tertiary/aromatic N) is 2. The van der Waals surface area contributed by atoms with Crippen LogP contribution in [0.4, 0.5) is 0 Å². The van der Waals surface area contributed by atoms with E-state index in [1.165, 1.54) is 37.7 Å². The van der Waals surface area contributed by atoms with Crippen LogP contribution in [0.15, 0.2) is 30.3 Å². The topological polar surface area (TPSA) is 35.6 Å². The molecule has 0 radical (unpaired) electrons. The van der Waals surface area contributed by atoms with Gasteiger partial charge in [-0.15, -0.1) is 0 Å². The summed E-state index contributed by atoms with van der Waals surface area (Å²) in [6, 6.07) is 11.2. The molecule has 158 valence electrons. The van der Waals surface area contributed by atoms with Gasteiger partial charge in [-0.2, -0.15) is 0 Å². The third-order valence-corrected chi connectivity index (χ3v) is 8.27. The number of likely N-dealkylation sites (N-methyl/N-ethyl adjacent to an activating group) is 1. The summed E-state index contributed by atoms with van der Waals surface area (Å²) in [5, 5.41) is 3.57. The number of hydrogen-bond donors (Lipinski definition) is 1. The third-order valence-electron chi connectivity index (χ3n) is 8.27. The lowest BCUT2D eigenvalue weighted by molar-refractivity contribution is -0.129. The maximum atomic E-state index is 13.2. The second kappa shape index (κ2) is 8.39. The number of benzene rings is 1. The van der Waals surface area contributed by atoms with Crippen LogP contribution < -0.4 is 5.32 Å². The van der Waals surface area contributed by atoms with Crippen molar-refractivity contribution in [3.05, 3.63) is 35.9 Å². The zero-order valence-electron chi connectivity index (χ0n) is 17.9. The smallest absolute Gasteiger partial charge is 0.237 e. The maximum Gasteiger partial charge on any atom is 0.237 e. The fraction of sp³-hybridized carbons (Fsp3) is 0.720. The van der Waals surface area contributed by atoms with Gasteiger partial charge in [-0.25, -0.2) is 0 Å². The van der Waals surface area contributed by atoms with Gasteiger partial charge in [0.25, 0.3) is 0 Å². The Hall–Kier alpha value is -1.39. The highest BCUT2D eigenvalue weighted by molar-refractivity contribution is 5.82. The Morgan fingerprint density at radius 3 is 2.45 bits per heavy atom. The first-order valence-corrected chi connectivity index (χ1v) is 11.9. The molecule has 5 aliphatic rings. The molecule has 1 N–H and O–H groups in total. The molecule has 4 aliphatic carbocycles. The van der Waals surface area contributed by atoms with E-state index in [4.69, 9.17) is 0 Å². The lowest BCUT2D eigenvalue weighted by atomic mass is 9.54. The molecule has 0 spiro atoms. The molecule has 1 atom stereocenters. The van der Waals surface area contributed by atoms with Gasteiger partial charge in [0.1, 0.15) is 0 Å². The fourth-order valence-electron chi connectivity index (χ4n) is 7.09. The zero-order chi connectivity index (χ0) is 19.8. The Balaban J connectivity index is 1.13. The van der Waals surface area contributed by atoms with E-state index in [1.54, 1.807) is 0 Å². The minimum absolute atomic E-state index is 0.0947. The minimum atomic E-state index is 0.0947. The summed E-state index contributed by atoms with van der Waals surface area (Å²) < 4.78 is 0. The first-order valence-electron chi connectivity index (χ1n) is 11.9. The van der Waals surface area contributed by atoms with Gasteiger partial charge >= 0.3 is 0 Å². The van der Waals surface area contributed by atoms with Gasteiger partial charge in [-0.05, 0) is 87.8 Å². The van der Waals surface area contributed by atoms with Crippen molar-refractivity contribution < 1.29 is 4.79 Å². The summed E-state index contributed by atoms with van der Waals surface area (Å²) in [5.41, 5.74) is 1.35. The van der Waals surface area contributed by atoms with E-state index in [0.29, 0.717) is 11.9 Å². The average molecular weight is 396 g/mol. The first kappa shape index (κ1) is 19.6. The molecule has 1 saturated heterocycles. The van der Waals surface area contributed by atoms with Gasteiger partial charge in [-0.1, -0.05) is 30.3 Å². The number of carbonyl (C=O) groups is 1. The van der Waals surface area contributed by atoms with E-state index in [9.17, 15) is 4.79 Å². The zero-order valence-corrected chi connectivity index (χ0v) is 17.9. The summed E-state index contributed by atoms with van der Waals surface area (Å²) in [5.74, 6) is 3.79. The molecular formula is C25H37N3O. The Labute approximate surface area is 176 Å². The van der Waals surface area contributed by atoms with Gasteiger partial charge < -0.3 is 10.2 Å². The summed E-state index contributed by atoms with van der Waals surface area (Å²) in [4.78, 5) is 18.0. The van der Waals surface area contributed by atoms with Gasteiger partial charge in [0.2, 0.25) is 5.91 Å². The molecule has 4 nitrogen and oxygen atoms in total. The van der Waals surface area contributed by atoms with E-state index in [1.807, 2.05) is 0 Å². The Morgan fingerprint density at radius 2 is 1.76 bits per heavy atom. The quantitative estimate of drug-likeness (QED) is 0.767. The minimum Gasteiger partial charge on any atom is -0.351 e. The van der Waals surface area contributed by atoms with Crippen molar-refractivity contribution in [1.82, 2.24) is 15.1 Å². The Kier molecular flexibility index (Phi) is 5.66. The summed E-state index contributed by atoms with van der Waals surface area (Å²) in [6.07, 6.45) is 9.14. The summed E-state index contributed by atoms with van der Waals surface area (Å²) in [7, 11) is 2.19. The van der Waals surface area contributed by atoms with Crippen LogP contribution in [0.3, 0.4) is 0 Å². The predicted molar refractivity (Wildman–Crippen MR) is 116 cm³/mol. The molecule has 1 aromatic carbocycles. The third kappa shape index (κ3) is 4.25. The molecule has 5 fully saturated rings. The van der Waals surface area contributed by atoms with Crippen LogP contribution in [0.2, 0.25) is 0 Å². The molecule has 1 unspecified atom stereocenters. The monoisotopic (exact) mass is 395 g/mol. The van der Waals surface area contributed by atoms with Crippen molar-refractivity contribution in [2.75, 3.05) is 26.7 Å². The largest absolute Gasteiger partial charge is 0.351 e. The van der Waals surface area contributed by atoms with E-state index in [2.05, 4.69) is 52.5 Å². The first-order chi connectivity index (χ1) is 14.2. The molecule has 1 heterocycles. The summed E-state index contributed by atoms with van der Waals surface area (Å²) in [6.45, 7) is 4.04. The van der Waals surface area contributed by atoms with Gasteiger partial charge in [-0.3, -0.25) is 9.69 Å². The SMILES string of the molecule is CN(CCN1CCCC1C(=O)NC1C2CC3CC(C2)CC1C3)Cc1ccccc1. The van der Waals surface area contributed by atoms with E-state index < -0.39 is 0 Å². The van der Waals surface area contributed by atoms with E-state index >= 15 is 0 Å². The molecule has 6 rings (SSSR count). The van der Waals surface area contributed by atoms with E-state index in [-0.39, 0.29) is 6.04 Å². The van der Waals surface area contributed by atoms with Crippen LogP contribution in [-0.2, 0) is 11.3 Å². The number of rotatable bonds is 7. The number of nitrogens with one attached hydrogen (secondary N) is 1. The molecule has 4 saturated carbocycles. The average Bonchev–Trinajstić information content (AvgIpc) is 3.18. The van der Waals surface area contributed by atoms with Crippen LogP contribution in [0.1, 0.15) is 50.5 Å². The van der Waals surface area contributed by atoms with Crippen LogP contribution in [0.5, 0.6) is 0 Å². The van der Waals surface area contributed by atoms with Crippen LogP contribution in [-0.4, -0.2) is 54.5 Å². The molecule has 4 bridgehead atoms. The molecule has 0 aromatic heterocycles. The highest BCUT2D eigenvalue weighted by atomic mass is 16.2. The van der Waals surface area contributed by atoms with Crippen LogP contribution >= 0.6 is 0 Å². The molecule has 4 heteroatoms. The van der Waals surface area contributed by atoms with Gasteiger partial charge in [0, 0.05) is 25.7 Å². The molecule has 1 aliphatic heterocycles. The molecular weight excluding hydrogens is 358 g/mol. The lowest BCUT2D eigenvalue weighted by Gasteiger charge is -2.54. The van der Waals surface area contributed by atoms with Crippen molar-refractivity contribution in [1.29, 1.82) is 0 Å². The van der Waals surface area contributed by atoms with Crippen LogP contribution in [0.25, 0.3) is 0 Å². The second-order valence-electron chi connectivity index (χ2n) is 10.4. The highest BCUT2D eigenvalue weighted by Gasteiger charge is 2.49. The van der Waals surface area contributed by atoms with Crippen molar-refractivity contribution in [2.24, 2.45) is 23.7 Å². The van der Waals surface area contributed by atoms with Gasteiger partial charge in [0.15, 0.2) is 0 Å². The summed E-state index contributed by atoms with van der Waals surface area (Å²) >= 11 is 0. The molecule has 1 aromatic rings. The highest BCUT2D eigenvalue weighted by Crippen LogP contribution is 2.53. The van der Waals surface area contributed by atoms with Crippen molar-refractivity contribution >= 4 is 5.91 Å². The van der Waals surface area contributed by atoms with E-state index in [0.717, 1.165) is 62.7 Å². The fourth-order valence-corrected chi connectivity index (χ4v) is 7.09.